The van der Waals surface area contributed by atoms with Crippen LogP contribution in [0.3, 0.4) is 0 Å². The predicted molar refractivity (Wildman–Crippen MR) is 505 cm³/mol. The first-order valence-corrected chi connectivity index (χ1v) is 42.8. The Morgan fingerprint density at radius 2 is 0.866 bits per heavy atom. The molecular weight excluding hydrogens is 1810 g/mol. The van der Waals surface area contributed by atoms with E-state index in [1.807, 2.05) is 18.2 Å². The molecule has 0 atom stereocenters. The number of aryl methyl sites for hydroxylation is 3. The lowest BCUT2D eigenvalue weighted by Gasteiger charge is -2.27. The summed E-state index contributed by atoms with van der Waals surface area (Å²) in [5, 5.41) is 58.4. The van der Waals surface area contributed by atoms with Crippen molar-refractivity contribution in [2.45, 2.75) is 170 Å². The Balaban J connectivity index is 0.000000540. The number of nitrogens with zero attached hydrogens (tertiary/aromatic N) is 16. The monoisotopic (exact) mass is 1930 g/mol. The van der Waals surface area contributed by atoms with Crippen molar-refractivity contribution in [2.75, 3.05) is 66.6 Å². The van der Waals surface area contributed by atoms with Gasteiger partial charge in [-0.1, -0.05) is 72.2 Å². The number of anilines is 4. The van der Waals surface area contributed by atoms with Gasteiger partial charge in [-0.15, -0.1) is 39.5 Å². The van der Waals surface area contributed by atoms with Gasteiger partial charge in [0.2, 0.25) is 29.1 Å². The minimum Gasteiger partial charge on any atom is -0.476 e. The highest BCUT2D eigenvalue weighted by atomic mass is 79.9. The van der Waals surface area contributed by atoms with E-state index in [9.17, 15) is 63.4 Å². The number of halogens is 1. The Hall–Kier alpha value is -15.1. The van der Waals surface area contributed by atoms with Crippen molar-refractivity contribution in [3.05, 3.63) is 223 Å². The maximum absolute atomic E-state index is 12.7. The largest absolute Gasteiger partial charge is 0.476 e. The number of rotatable bonds is 36. The molecule has 0 unspecified atom stereocenters. The van der Waals surface area contributed by atoms with E-state index in [1.54, 1.807) is 130 Å². The number of pyridine rings is 3. The number of nitro groups is 2. The number of allylic oxidation sites excluding steroid dienone is 6. The number of methoxy groups -OCH3 is 2. The molecule has 9 aromatic rings. The van der Waals surface area contributed by atoms with E-state index < -0.39 is 86.1 Å². The first-order valence-electron chi connectivity index (χ1n) is 41.6. The number of esters is 2. The third-order valence-corrected chi connectivity index (χ3v) is 16.6. The molecule has 0 aliphatic heterocycles. The number of unbranched alkanes of at least 4 members (excludes halogenated alkanes) is 7. The first kappa shape index (κ1) is 115. The number of nitrogens with two attached hydrogens (primary N) is 1. The summed E-state index contributed by atoms with van der Waals surface area (Å²) in [5.74, 6) is -2.93. The van der Waals surface area contributed by atoms with E-state index in [0.717, 1.165) is 67.4 Å². The van der Waals surface area contributed by atoms with E-state index in [4.69, 9.17) is 43.4 Å². The molecule has 9 aromatic heterocycles. The molecule has 0 aliphatic carbocycles. The highest BCUT2D eigenvalue weighted by molar-refractivity contribution is 9.09. The molecule has 0 saturated heterocycles. The van der Waals surface area contributed by atoms with Crippen LogP contribution in [0.5, 0.6) is 0 Å². The highest BCUT2D eigenvalue weighted by Crippen LogP contribution is 2.29. The molecule has 0 aromatic carbocycles. The number of nitrogens with one attached hydrogen (secondary N) is 3. The van der Waals surface area contributed by atoms with Crippen LogP contribution in [-0.4, -0.2) is 196 Å². The van der Waals surface area contributed by atoms with Gasteiger partial charge in [0, 0.05) is 94.1 Å². The molecular formula is C90H121BrN20O23. The highest BCUT2D eigenvalue weighted by Gasteiger charge is 2.30. The van der Waals surface area contributed by atoms with Crippen molar-refractivity contribution in [1.29, 1.82) is 0 Å². The fourth-order valence-corrected chi connectivity index (χ4v) is 10.3. The third kappa shape index (κ3) is 44.0. The lowest BCUT2D eigenvalue weighted by atomic mass is 10.2. The second-order valence-corrected chi connectivity index (χ2v) is 31.6. The molecule has 5 amide bonds. The molecule has 0 aliphatic rings. The Morgan fingerprint density at radius 1 is 0.507 bits per heavy atom. The number of carboxylic acid groups (broad SMARTS) is 2. The van der Waals surface area contributed by atoms with Crippen molar-refractivity contribution in [3.63, 3.8) is 0 Å². The molecule has 0 spiro atoms. The lowest BCUT2D eigenvalue weighted by molar-refractivity contribution is -0.385. The van der Waals surface area contributed by atoms with Gasteiger partial charge < -0.3 is 63.5 Å². The summed E-state index contributed by atoms with van der Waals surface area (Å²) in [7, 11) is 7.20. The minimum absolute atomic E-state index is 0.0564. The Kier molecular flexibility index (Phi) is 51.4. The average molecular weight is 1930 g/mol. The zero-order valence-corrected chi connectivity index (χ0v) is 79.8. The minimum atomic E-state index is -1.40. The maximum Gasteiger partial charge on any atom is 0.416 e. The molecule has 7 N–H and O–H groups in total. The number of carbonyl (C=O) groups is 9. The van der Waals surface area contributed by atoms with Gasteiger partial charge in [0.25, 0.3) is 11.8 Å². The predicted octanol–water partition coefficient (Wildman–Crippen LogP) is 17.7. The summed E-state index contributed by atoms with van der Waals surface area (Å²) in [6, 6.07) is 9.75. The van der Waals surface area contributed by atoms with Crippen molar-refractivity contribution < 1.29 is 100 Å². The van der Waals surface area contributed by atoms with Gasteiger partial charge in [0.05, 0.1) is 29.8 Å². The normalized spacial score (nSPS) is 10.4. The van der Waals surface area contributed by atoms with Crippen molar-refractivity contribution in [2.24, 2.45) is 21.1 Å². The number of amides is 5. The van der Waals surface area contributed by atoms with Gasteiger partial charge in [-0.05, 0) is 169 Å². The molecule has 9 rings (SSSR count). The number of hydrogen-bond donors (Lipinski definition) is 6. The van der Waals surface area contributed by atoms with E-state index >= 15 is 0 Å². The Labute approximate surface area is 784 Å². The van der Waals surface area contributed by atoms with Crippen LogP contribution in [0.2, 0.25) is 0 Å². The molecule has 9 heterocycles. The standard InChI is InChI=1S/C20H25N3O5.C19H23N3O5.C15H17N3O5.C10H14N4O3.C10H16N4O.C6H12.C5H9Br.C5H5N3O4/c1-6-7-8-11-23(19(25)28-20(2,3)4)16-12-14(9-10-21-16)17-22-15(13-27-17)18(24)26-5;1-5-6-7-10-22(18(25)27-19(2,3)4)15-11-13(8-9-20-15)16-21-14(12-26-16)17(23)24;1-15(2,3)23-14(20)18-11-7-9(5-6-16-11)12-17-10(8-22-12)13(19)21-4;1-3-4-5-6-11-10(15)9-8(14(16)17)7-13(2)12-9;1-3-4-5-6-12-10(15)9-8(11)7-14(2)13-9;1-3-5-6-4-2;1-2-3-4-5-6;1-7-2-3(8(11)12)4(6-7)5(9)10/h6,9-10,12-13H,1,7-8,11H2,2-5H3;5,8-9,11-12H,1,6-7,10H2,2-4H3,(H,23,24);5-8H,1-4H3,(H,16,18,20);3,7H,1,4-6H2,2H3,(H,11,15);3,7H,1,4-6,11H2,2H3,(H,12,15);3H,1,4-6H2,2H3;2H,1,3-5H2;2H,1H3,(H,9,10). The number of oxazole rings is 3. The lowest BCUT2D eigenvalue weighted by Crippen LogP contribution is -2.38. The number of nitrogen functional groups attached to an aromatic ring is 1. The number of carboxylic acids is 2. The summed E-state index contributed by atoms with van der Waals surface area (Å²) in [6.45, 7) is 41.8. The van der Waals surface area contributed by atoms with Gasteiger partial charge in [-0.2, -0.15) is 15.3 Å². The Morgan fingerprint density at radius 3 is 1.21 bits per heavy atom. The van der Waals surface area contributed by atoms with Crippen molar-refractivity contribution in [3.8, 4) is 34.4 Å². The summed E-state index contributed by atoms with van der Waals surface area (Å²) in [6.07, 6.45) is 33.5. The molecule has 43 nitrogen and oxygen atoms in total. The molecule has 0 bridgehead atoms. The average Bonchev–Trinajstić information content (AvgIpc) is 1.70. The van der Waals surface area contributed by atoms with Gasteiger partial charge in [-0.25, -0.2) is 63.5 Å². The second-order valence-electron chi connectivity index (χ2n) is 30.8. The fraction of sp³-hybridized carbons (Fsp3) is 0.400. The van der Waals surface area contributed by atoms with Crippen LogP contribution in [-0.2, 0) is 44.8 Å². The zero-order chi connectivity index (χ0) is 101. The summed E-state index contributed by atoms with van der Waals surface area (Å²) in [5.41, 5.74) is 4.47. The smallest absolute Gasteiger partial charge is 0.416 e. The second kappa shape index (κ2) is 59.9. The number of carbonyl (C=O) groups excluding carboxylic acids is 7. The van der Waals surface area contributed by atoms with E-state index in [0.29, 0.717) is 73.0 Å². The van der Waals surface area contributed by atoms with Gasteiger partial charge in [0.1, 0.15) is 65.4 Å². The summed E-state index contributed by atoms with van der Waals surface area (Å²) < 4.78 is 45.0. The van der Waals surface area contributed by atoms with Crippen LogP contribution in [0.25, 0.3) is 34.4 Å². The van der Waals surface area contributed by atoms with Crippen LogP contribution < -0.4 is 31.5 Å². The number of alkyl halides is 1. The third-order valence-electron chi connectivity index (χ3n) is 16.0. The number of ether oxygens (including phenoxy) is 5. The van der Waals surface area contributed by atoms with E-state index in [1.165, 1.54) is 110 Å². The maximum atomic E-state index is 12.7. The van der Waals surface area contributed by atoms with Crippen LogP contribution in [0.4, 0.5) is 48.9 Å². The number of aromatic carboxylic acids is 2. The Bertz CT molecular complexity index is 5290. The van der Waals surface area contributed by atoms with E-state index in [2.05, 4.69) is 133 Å². The van der Waals surface area contributed by atoms with Crippen LogP contribution in [0, 0.1) is 20.2 Å². The number of aromatic nitrogens is 12. The molecule has 0 fully saturated rings. The zero-order valence-electron chi connectivity index (χ0n) is 78.2. The first-order chi connectivity index (χ1) is 63.3. The van der Waals surface area contributed by atoms with Crippen molar-refractivity contribution in [1.82, 2.24) is 69.9 Å². The van der Waals surface area contributed by atoms with Crippen molar-refractivity contribution >= 4 is 104 Å². The number of hydrogen-bond acceptors (Lipinski definition) is 31. The van der Waals surface area contributed by atoms with Crippen LogP contribution in [0.15, 0.2) is 182 Å². The van der Waals surface area contributed by atoms with Gasteiger partial charge >= 0.3 is 53.5 Å². The molecule has 44 heteroatoms. The molecule has 0 saturated carbocycles. The van der Waals surface area contributed by atoms with E-state index in [-0.39, 0.29) is 63.6 Å². The summed E-state index contributed by atoms with van der Waals surface area (Å²) in [4.78, 5) is 151. The van der Waals surface area contributed by atoms with Crippen LogP contribution in [0.1, 0.15) is 216 Å². The molecule has 134 heavy (non-hydrogen) atoms. The van der Waals surface area contributed by atoms with Gasteiger partial charge in [-0.3, -0.25) is 59.0 Å². The quantitative estimate of drug-likeness (QED) is 0.00404. The SMILES string of the molecule is C=CCCCBr.C=CCCCC.C=CCCCN(C(=O)OC(C)(C)C)c1cc(-c2nc(C(=O)O)co2)ccn1.C=CCCCN(C(=O)OC(C)(C)C)c1cc(-c2nc(C(=O)OC)co2)ccn1.C=CCCCNC(=O)c1nn(C)cc1N.C=CCCCNC(=O)c1nn(C)cc1[N+](=O)[O-].COC(=O)c1coc(-c2ccnc(NC(=O)OC(C)(C)C)c2)n1.Cn1cc([N+](=O)[O-])c(C(=O)O)n1. The molecule has 0 radical (unpaired) electrons. The topological polar surface area (TPSA) is 565 Å². The fourth-order valence-electron chi connectivity index (χ4n) is 10.0. The van der Waals surface area contributed by atoms with Crippen LogP contribution >= 0.6 is 15.9 Å². The summed E-state index contributed by atoms with van der Waals surface area (Å²) >= 11 is 3.30. The molecule has 726 valence electrons. The van der Waals surface area contributed by atoms with Gasteiger partial charge in [0.15, 0.2) is 22.8 Å².